The van der Waals surface area contributed by atoms with Crippen LogP contribution in [0.3, 0.4) is 0 Å². The van der Waals surface area contributed by atoms with Gasteiger partial charge < -0.3 is 9.64 Å². The van der Waals surface area contributed by atoms with Gasteiger partial charge in [0.25, 0.3) is 0 Å². The minimum atomic E-state index is -0.238. The lowest BCUT2D eigenvalue weighted by atomic mass is 9.89. The molecule has 2 aromatic rings. The Morgan fingerprint density at radius 2 is 2.00 bits per heavy atom. The molecule has 4 rings (SSSR count). The summed E-state index contributed by atoms with van der Waals surface area (Å²) >= 11 is 0. The van der Waals surface area contributed by atoms with Gasteiger partial charge in [0.05, 0.1) is 5.69 Å². The Morgan fingerprint density at radius 1 is 1.17 bits per heavy atom. The quantitative estimate of drug-likeness (QED) is 0.743. The molecule has 2 aliphatic heterocycles. The largest absolute Gasteiger partial charge is 0.488 e. The summed E-state index contributed by atoms with van der Waals surface area (Å²) in [6.45, 7) is 2.51. The van der Waals surface area contributed by atoms with E-state index in [0.717, 1.165) is 54.1 Å². The van der Waals surface area contributed by atoms with Crippen LogP contribution in [-0.2, 0) is 6.61 Å². The van der Waals surface area contributed by atoms with Crippen LogP contribution in [0.4, 0.5) is 4.39 Å². The van der Waals surface area contributed by atoms with Crippen LogP contribution in [0.15, 0.2) is 42.1 Å². The second-order valence-electron chi connectivity index (χ2n) is 6.22. The second-order valence-corrected chi connectivity index (χ2v) is 6.22. The zero-order valence-electron chi connectivity index (χ0n) is 13.2. The van der Waals surface area contributed by atoms with Gasteiger partial charge in [-0.3, -0.25) is 4.98 Å². The number of hydrogen-bond acceptors (Lipinski definition) is 3. The van der Waals surface area contributed by atoms with E-state index in [2.05, 4.69) is 16.9 Å². The molecule has 0 radical (unpaired) electrons. The number of piperidine rings is 1. The summed E-state index contributed by atoms with van der Waals surface area (Å²) in [6.07, 6.45) is 3.77. The van der Waals surface area contributed by atoms with Crippen molar-refractivity contribution in [2.45, 2.75) is 19.4 Å². The number of fused-ring (bicyclic) bond motifs is 2. The third-order valence-corrected chi connectivity index (χ3v) is 4.67. The van der Waals surface area contributed by atoms with Crippen LogP contribution < -0.4 is 4.74 Å². The summed E-state index contributed by atoms with van der Waals surface area (Å²) in [6, 6.07) is 8.74. The monoisotopic (exact) mass is 310 g/mol. The van der Waals surface area contributed by atoms with Crippen LogP contribution in [0.5, 0.6) is 5.75 Å². The Labute approximate surface area is 135 Å². The molecule has 0 N–H and O–H groups in total. The Morgan fingerprint density at radius 3 is 2.83 bits per heavy atom. The minimum absolute atomic E-state index is 0.238. The molecule has 0 bridgehead atoms. The van der Waals surface area contributed by atoms with E-state index in [0.29, 0.717) is 6.61 Å². The molecule has 0 atom stereocenters. The first-order chi connectivity index (χ1) is 11.2. The Hall–Kier alpha value is -2.20. The molecule has 0 spiro atoms. The molecule has 3 nitrogen and oxygen atoms in total. The summed E-state index contributed by atoms with van der Waals surface area (Å²) < 4.78 is 19.8. The molecule has 1 aromatic carbocycles. The predicted molar refractivity (Wildman–Crippen MR) is 87.7 cm³/mol. The molecule has 1 fully saturated rings. The van der Waals surface area contributed by atoms with Crippen LogP contribution >= 0.6 is 0 Å². The standard InChI is InChI=1S/C19H19FN2O/c1-22-9-6-13(7-10-22)18-16-11-15(20)4-5-17(16)23-12-14-3-2-8-21-19(14)18/h2-5,8,11H,6-7,9-10,12H2,1H3. The van der Waals surface area contributed by atoms with Gasteiger partial charge in [-0.05, 0) is 44.2 Å². The van der Waals surface area contributed by atoms with Gasteiger partial charge >= 0.3 is 0 Å². The molecule has 0 aliphatic carbocycles. The van der Waals surface area contributed by atoms with Gasteiger partial charge in [-0.25, -0.2) is 4.39 Å². The second kappa shape index (κ2) is 5.78. The lowest BCUT2D eigenvalue weighted by molar-refractivity contribution is 0.306. The van der Waals surface area contributed by atoms with E-state index in [1.807, 2.05) is 12.1 Å². The van der Waals surface area contributed by atoms with Crippen molar-refractivity contribution in [2.24, 2.45) is 0 Å². The highest BCUT2D eigenvalue weighted by Crippen LogP contribution is 2.40. The molecule has 1 aromatic heterocycles. The van der Waals surface area contributed by atoms with Crippen LogP contribution in [0.2, 0.25) is 0 Å². The normalized spacial score (nSPS) is 18.0. The molecule has 0 saturated carbocycles. The van der Waals surface area contributed by atoms with E-state index in [1.54, 1.807) is 18.3 Å². The Bertz CT molecular complexity index is 775. The van der Waals surface area contributed by atoms with Crippen molar-refractivity contribution in [1.29, 1.82) is 0 Å². The van der Waals surface area contributed by atoms with Gasteiger partial charge in [0.15, 0.2) is 0 Å². The molecule has 4 heteroatoms. The summed E-state index contributed by atoms with van der Waals surface area (Å²) in [5.41, 5.74) is 5.25. The summed E-state index contributed by atoms with van der Waals surface area (Å²) in [4.78, 5) is 6.93. The van der Waals surface area contributed by atoms with Crippen molar-refractivity contribution in [2.75, 3.05) is 20.1 Å². The fourth-order valence-electron chi connectivity index (χ4n) is 3.38. The molecule has 0 amide bonds. The highest BCUT2D eigenvalue weighted by molar-refractivity contribution is 5.85. The van der Waals surface area contributed by atoms with Crippen molar-refractivity contribution in [3.05, 3.63) is 64.7 Å². The van der Waals surface area contributed by atoms with Gasteiger partial charge in [0, 0.05) is 36.0 Å². The molecular formula is C19H19FN2O. The molecule has 23 heavy (non-hydrogen) atoms. The SMILES string of the molecule is CN1CCC(=C2c3cc(F)ccc3OCc3cccnc32)CC1. The first kappa shape index (κ1) is 14.4. The van der Waals surface area contributed by atoms with Gasteiger partial charge in [-0.2, -0.15) is 0 Å². The maximum atomic E-state index is 13.9. The van der Waals surface area contributed by atoms with E-state index in [1.165, 1.54) is 11.6 Å². The van der Waals surface area contributed by atoms with Gasteiger partial charge in [-0.1, -0.05) is 11.6 Å². The van der Waals surface area contributed by atoms with E-state index < -0.39 is 0 Å². The fourth-order valence-corrected chi connectivity index (χ4v) is 3.38. The average Bonchev–Trinajstić information content (AvgIpc) is 2.72. The third-order valence-electron chi connectivity index (χ3n) is 4.67. The number of halogens is 1. The smallest absolute Gasteiger partial charge is 0.127 e. The highest BCUT2D eigenvalue weighted by Gasteiger charge is 2.25. The van der Waals surface area contributed by atoms with Crippen molar-refractivity contribution in [3.8, 4) is 5.75 Å². The lowest BCUT2D eigenvalue weighted by Gasteiger charge is -2.26. The van der Waals surface area contributed by atoms with Crippen LogP contribution in [0.1, 0.15) is 29.7 Å². The first-order valence-corrected chi connectivity index (χ1v) is 8.00. The number of pyridine rings is 1. The zero-order chi connectivity index (χ0) is 15.8. The number of nitrogens with zero attached hydrogens (tertiary/aromatic N) is 2. The van der Waals surface area contributed by atoms with Gasteiger partial charge in [0.1, 0.15) is 18.2 Å². The number of aromatic nitrogens is 1. The fraction of sp³-hybridized carbons (Fsp3) is 0.316. The minimum Gasteiger partial charge on any atom is -0.488 e. The maximum Gasteiger partial charge on any atom is 0.127 e. The van der Waals surface area contributed by atoms with Crippen molar-refractivity contribution in [3.63, 3.8) is 0 Å². The number of ether oxygens (including phenoxy) is 1. The Kier molecular flexibility index (Phi) is 3.62. The van der Waals surface area contributed by atoms with Crippen LogP contribution in [0.25, 0.3) is 5.57 Å². The zero-order valence-corrected chi connectivity index (χ0v) is 13.2. The highest BCUT2D eigenvalue weighted by atomic mass is 19.1. The summed E-state index contributed by atoms with van der Waals surface area (Å²) in [7, 11) is 2.14. The Balaban J connectivity index is 1.95. The number of rotatable bonds is 0. The number of hydrogen-bond donors (Lipinski definition) is 0. The van der Waals surface area contributed by atoms with E-state index in [9.17, 15) is 4.39 Å². The third kappa shape index (κ3) is 2.63. The number of benzene rings is 1. The maximum absolute atomic E-state index is 13.9. The molecule has 2 aliphatic rings. The van der Waals surface area contributed by atoms with Crippen molar-refractivity contribution >= 4 is 5.57 Å². The first-order valence-electron chi connectivity index (χ1n) is 8.00. The summed E-state index contributed by atoms with van der Waals surface area (Å²) in [5.74, 6) is 0.503. The topological polar surface area (TPSA) is 25.4 Å². The number of likely N-dealkylation sites (tertiary alicyclic amines) is 1. The lowest BCUT2D eigenvalue weighted by Crippen LogP contribution is -2.27. The molecule has 0 unspecified atom stereocenters. The predicted octanol–water partition coefficient (Wildman–Crippen LogP) is 3.64. The summed E-state index contributed by atoms with van der Waals surface area (Å²) in [5, 5.41) is 0. The van der Waals surface area contributed by atoms with Crippen LogP contribution in [-0.4, -0.2) is 30.0 Å². The van der Waals surface area contributed by atoms with Crippen LogP contribution in [0, 0.1) is 5.82 Å². The van der Waals surface area contributed by atoms with E-state index in [4.69, 9.17) is 4.74 Å². The molecular weight excluding hydrogens is 291 g/mol. The van der Waals surface area contributed by atoms with Gasteiger partial charge in [0.2, 0.25) is 0 Å². The van der Waals surface area contributed by atoms with E-state index in [-0.39, 0.29) is 5.82 Å². The van der Waals surface area contributed by atoms with Crippen molar-refractivity contribution in [1.82, 2.24) is 9.88 Å². The molecule has 118 valence electrons. The van der Waals surface area contributed by atoms with E-state index >= 15 is 0 Å². The average molecular weight is 310 g/mol. The molecule has 1 saturated heterocycles. The van der Waals surface area contributed by atoms with Crippen molar-refractivity contribution < 1.29 is 9.13 Å². The van der Waals surface area contributed by atoms with Gasteiger partial charge in [-0.15, -0.1) is 0 Å². The molecule has 3 heterocycles.